The lowest BCUT2D eigenvalue weighted by molar-refractivity contribution is 0.465. The van der Waals surface area contributed by atoms with E-state index >= 15 is 0 Å². The normalized spacial score (nSPS) is 12.8. The summed E-state index contributed by atoms with van der Waals surface area (Å²) in [5.74, 6) is 0. The van der Waals surface area contributed by atoms with Crippen molar-refractivity contribution in [2.24, 2.45) is 0 Å². The van der Waals surface area contributed by atoms with Crippen LogP contribution in [0.2, 0.25) is 0 Å². The minimum Gasteiger partial charge on any atom is -0.354 e. The molecule has 0 unspecified atom stereocenters. The van der Waals surface area contributed by atoms with E-state index in [1.54, 1.807) is 12.2 Å². The molecule has 1 rings (SSSR count). The molecule has 0 saturated carbocycles. The van der Waals surface area contributed by atoms with Crippen LogP contribution in [0.4, 0.5) is 0 Å². The summed E-state index contributed by atoms with van der Waals surface area (Å²) in [6.45, 7) is 3.27. The quantitative estimate of drug-likeness (QED) is 0.513. The van der Waals surface area contributed by atoms with Crippen molar-refractivity contribution < 1.29 is 0 Å². The summed E-state index contributed by atoms with van der Waals surface area (Å²) >= 11 is 0. The van der Waals surface area contributed by atoms with Crippen LogP contribution in [0.15, 0.2) is 47.9 Å². The summed E-state index contributed by atoms with van der Waals surface area (Å²) in [7, 11) is 0. The van der Waals surface area contributed by atoms with E-state index in [4.69, 9.17) is 10.5 Å². The average Bonchev–Trinajstić information content (AvgIpc) is 2.49. The molecule has 0 aromatic rings. The molecule has 0 aromatic carbocycles. The van der Waals surface area contributed by atoms with Gasteiger partial charge in [0.15, 0.2) is 0 Å². The SMILES string of the molecule is CCCCCCCN1C=CC(=CC=C(C#N)C#N)C=C1. The Hall–Kier alpha value is -2.26. The first-order chi connectivity index (χ1) is 9.80. The summed E-state index contributed by atoms with van der Waals surface area (Å²) in [6, 6.07) is 3.68. The second-order valence-electron chi connectivity index (χ2n) is 4.75. The summed E-state index contributed by atoms with van der Waals surface area (Å²) in [4.78, 5) is 2.17. The molecule has 0 atom stereocenters. The van der Waals surface area contributed by atoms with Crippen LogP contribution in [-0.4, -0.2) is 11.4 Å². The number of nitrogens with zero attached hydrogens (tertiary/aromatic N) is 3. The standard InChI is InChI=1S/C17H21N3/c1-2-3-4-5-6-11-20-12-9-16(10-13-20)7-8-17(14-18)15-19/h7-10,12-13H,2-6,11H2,1H3. The Morgan fingerprint density at radius 3 is 2.35 bits per heavy atom. The lowest BCUT2D eigenvalue weighted by atomic mass is 10.1. The molecule has 0 aromatic heterocycles. The maximum atomic E-state index is 8.64. The molecule has 0 radical (unpaired) electrons. The van der Waals surface area contributed by atoms with Crippen molar-refractivity contribution in [2.75, 3.05) is 6.54 Å². The Morgan fingerprint density at radius 1 is 1.10 bits per heavy atom. The van der Waals surface area contributed by atoms with E-state index in [1.807, 2.05) is 36.7 Å². The molecule has 1 aliphatic heterocycles. The van der Waals surface area contributed by atoms with Gasteiger partial charge >= 0.3 is 0 Å². The Labute approximate surface area is 121 Å². The van der Waals surface area contributed by atoms with Crippen molar-refractivity contribution in [3.05, 3.63) is 47.9 Å². The van der Waals surface area contributed by atoms with Gasteiger partial charge in [-0.2, -0.15) is 10.5 Å². The molecule has 1 aliphatic rings. The largest absolute Gasteiger partial charge is 0.354 e. The predicted octanol–water partition coefficient (Wildman–Crippen LogP) is 4.20. The van der Waals surface area contributed by atoms with Gasteiger partial charge in [0.25, 0.3) is 0 Å². The molecule has 0 N–H and O–H groups in total. The van der Waals surface area contributed by atoms with E-state index in [2.05, 4.69) is 11.8 Å². The summed E-state index contributed by atoms with van der Waals surface area (Å²) in [5.41, 5.74) is 1.12. The summed E-state index contributed by atoms with van der Waals surface area (Å²) < 4.78 is 0. The third kappa shape index (κ3) is 6.07. The van der Waals surface area contributed by atoms with E-state index in [0.29, 0.717) is 0 Å². The van der Waals surface area contributed by atoms with Gasteiger partial charge in [-0.25, -0.2) is 0 Å². The molecule has 0 aliphatic carbocycles. The zero-order valence-electron chi connectivity index (χ0n) is 12.0. The van der Waals surface area contributed by atoms with Gasteiger partial charge < -0.3 is 4.90 Å². The fourth-order valence-electron chi connectivity index (χ4n) is 1.91. The van der Waals surface area contributed by atoms with Crippen molar-refractivity contribution in [3.63, 3.8) is 0 Å². The van der Waals surface area contributed by atoms with Crippen LogP contribution in [0.3, 0.4) is 0 Å². The van der Waals surface area contributed by atoms with Crippen LogP contribution in [0.25, 0.3) is 0 Å². The number of allylic oxidation sites excluding steroid dienone is 6. The van der Waals surface area contributed by atoms with E-state index in [1.165, 1.54) is 32.1 Å². The van der Waals surface area contributed by atoms with E-state index in [9.17, 15) is 0 Å². The lowest BCUT2D eigenvalue weighted by Gasteiger charge is -2.18. The third-order valence-corrected chi connectivity index (χ3v) is 3.12. The number of rotatable bonds is 7. The monoisotopic (exact) mass is 267 g/mol. The Bertz CT molecular complexity index is 463. The van der Waals surface area contributed by atoms with Crippen LogP contribution in [-0.2, 0) is 0 Å². The van der Waals surface area contributed by atoms with Crippen molar-refractivity contribution in [2.45, 2.75) is 39.0 Å². The second kappa shape index (κ2) is 9.64. The highest BCUT2D eigenvalue weighted by Crippen LogP contribution is 2.12. The van der Waals surface area contributed by atoms with Crippen molar-refractivity contribution >= 4 is 0 Å². The fourth-order valence-corrected chi connectivity index (χ4v) is 1.91. The highest BCUT2D eigenvalue weighted by atomic mass is 15.1. The average molecular weight is 267 g/mol. The summed E-state index contributed by atoms with van der Waals surface area (Å²) in [5, 5.41) is 17.3. The van der Waals surface area contributed by atoms with Gasteiger partial charge in [0.1, 0.15) is 17.7 Å². The predicted molar refractivity (Wildman–Crippen MR) is 81.1 cm³/mol. The number of hydrogen-bond donors (Lipinski definition) is 0. The van der Waals surface area contributed by atoms with Gasteiger partial charge in [-0.05, 0) is 30.2 Å². The van der Waals surface area contributed by atoms with Gasteiger partial charge in [0, 0.05) is 18.9 Å². The molecule has 3 nitrogen and oxygen atoms in total. The van der Waals surface area contributed by atoms with Crippen molar-refractivity contribution in [1.82, 2.24) is 4.90 Å². The van der Waals surface area contributed by atoms with Crippen LogP contribution < -0.4 is 0 Å². The number of unbranched alkanes of at least 4 members (excludes halogenated alkanes) is 4. The minimum absolute atomic E-state index is 0.123. The highest BCUT2D eigenvalue weighted by Gasteiger charge is 2.00. The van der Waals surface area contributed by atoms with Crippen LogP contribution in [0, 0.1) is 22.7 Å². The van der Waals surface area contributed by atoms with Crippen LogP contribution in [0.5, 0.6) is 0 Å². The molecule has 0 amide bonds. The minimum atomic E-state index is 0.123. The first-order valence-corrected chi connectivity index (χ1v) is 7.14. The number of nitriles is 2. The Kier molecular flexibility index (Phi) is 7.62. The smallest absolute Gasteiger partial charge is 0.129 e. The molecule has 0 fully saturated rings. The maximum absolute atomic E-state index is 8.64. The molecular weight excluding hydrogens is 246 g/mol. The van der Waals surface area contributed by atoms with Gasteiger partial charge in [-0.15, -0.1) is 0 Å². The van der Waals surface area contributed by atoms with E-state index in [0.717, 1.165) is 12.1 Å². The highest BCUT2D eigenvalue weighted by molar-refractivity contribution is 5.43. The Morgan fingerprint density at radius 2 is 1.75 bits per heavy atom. The first kappa shape index (κ1) is 15.8. The van der Waals surface area contributed by atoms with Crippen molar-refractivity contribution in [1.29, 1.82) is 10.5 Å². The molecule has 1 heterocycles. The van der Waals surface area contributed by atoms with Gasteiger partial charge in [-0.3, -0.25) is 0 Å². The van der Waals surface area contributed by atoms with E-state index < -0.39 is 0 Å². The van der Waals surface area contributed by atoms with Crippen LogP contribution in [0.1, 0.15) is 39.0 Å². The number of hydrogen-bond acceptors (Lipinski definition) is 3. The molecular formula is C17H21N3. The van der Waals surface area contributed by atoms with Crippen LogP contribution >= 0.6 is 0 Å². The molecule has 104 valence electrons. The Balaban J connectivity index is 2.37. The molecule has 3 heteroatoms. The van der Waals surface area contributed by atoms with Gasteiger partial charge in [0.2, 0.25) is 0 Å². The topological polar surface area (TPSA) is 50.8 Å². The van der Waals surface area contributed by atoms with Gasteiger partial charge in [0.05, 0.1) is 0 Å². The zero-order chi connectivity index (χ0) is 14.6. The summed E-state index contributed by atoms with van der Waals surface area (Å²) in [6.07, 6.45) is 17.8. The molecule has 0 bridgehead atoms. The zero-order valence-corrected chi connectivity index (χ0v) is 12.0. The lowest BCUT2D eigenvalue weighted by Crippen LogP contribution is -2.13. The fraction of sp³-hybridized carbons (Fsp3) is 0.412. The van der Waals surface area contributed by atoms with Gasteiger partial charge in [-0.1, -0.05) is 38.7 Å². The second-order valence-corrected chi connectivity index (χ2v) is 4.75. The molecule has 0 saturated heterocycles. The molecule has 0 spiro atoms. The third-order valence-electron chi connectivity index (χ3n) is 3.12. The first-order valence-electron chi connectivity index (χ1n) is 7.14. The molecule has 20 heavy (non-hydrogen) atoms. The van der Waals surface area contributed by atoms with E-state index in [-0.39, 0.29) is 5.57 Å². The maximum Gasteiger partial charge on any atom is 0.129 e. The van der Waals surface area contributed by atoms with Crippen molar-refractivity contribution in [3.8, 4) is 12.1 Å².